The fourth-order valence-electron chi connectivity index (χ4n) is 3.36. The van der Waals surface area contributed by atoms with Crippen LogP contribution in [0.2, 0.25) is 0 Å². The minimum Gasteiger partial charge on any atom is -0.348 e. The van der Waals surface area contributed by atoms with E-state index < -0.39 is 10.8 Å². The fraction of sp³-hybridized carbons (Fsp3) is 0.143. The Morgan fingerprint density at radius 1 is 1.16 bits per heavy atom. The van der Waals surface area contributed by atoms with Gasteiger partial charge in [0.15, 0.2) is 0 Å². The number of aromatic nitrogens is 5. The molecule has 0 atom stereocenters. The van der Waals surface area contributed by atoms with Gasteiger partial charge in [-0.05, 0) is 38.1 Å². The molecule has 0 bridgehead atoms. The Morgan fingerprint density at radius 3 is 2.61 bits per heavy atom. The van der Waals surface area contributed by atoms with Gasteiger partial charge < -0.3 is 5.32 Å². The van der Waals surface area contributed by atoms with E-state index in [4.69, 9.17) is 0 Å². The summed E-state index contributed by atoms with van der Waals surface area (Å²) in [5.74, 6) is -0.417. The molecule has 4 aromatic rings. The van der Waals surface area contributed by atoms with Crippen LogP contribution in [0.25, 0.3) is 11.4 Å². The molecule has 0 radical (unpaired) electrons. The van der Waals surface area contributed by atoms with Crippen molar-refractivity contribution in [2.75, 3.05) is 0 Å². The lowest BCUT2D eigenvalue weighted by Crippen LogP contribution is -2.23. The molecule has 0 aliphatic heterocycles. The maximum Gasteiger partial charge on any atom is 0.295 e. The van der Waals surface area contributed by atoms with Gasteiger partial charge in [-0.3, -0.25) is 14.9 Å². The fourth-order valence-corrected chi connectivity index (χ4v) is 3.36. The Morgan fingerprint density at radius 2 is 1.94 bits per heavy atom. The van der Waals surface area contributed by atoms with E-state index >= 15 is 0 Å². The van der Waals surface area contributed by atoms with E-state index in [2.05, 4.69) is 20.5 Å². The van der Waals surface area contributed by atoms with Crippen LogP contribution in [-0.2, 0) is 6.54 Å². The molecule has 0 fully saturated rings. The second-order valence-corrected chi connectivity index (χ2v) is 6.88. The SMILES string of the molecule is Cc1nn(-c2ccccc2)c(C)c1CNC(=O)c1ccc(-n2cncn2)c([N+](=O)[O-])c1. The minimum absolute atomic E-state index is 0.182. The minimum atomic E-state index is -0.550. The van der Waals surface area contributed by atoms with Gasteiger partial charge in [0.05, 0.1) is 16.3 Å². The van der Waals surface area contributed by atoms with Gasteiger partial charge >= 0.3 is 0 Å². The van der Waals surface area contributed by atoms with Crippen LogP contribution in [0, 0.1) is 24.0 Å². The van der Waals surface area contributed by atoms with Gasteiger partial charge in [-0.25, -0.2) is 14.3 Å². The molecule has 2 heterocycles. The summed E-state index contributed by atoms with van der Waals surface area (Å²) in [6.45, 7) is 4.07. The molecule has 1 amide bonds. The first kappa shape index (κ1) is 20.0. The number of amides is 1. The van der Waals surface area contributed by atoms with Crippen molar-refractivity contribution in [2.45, 2.75) is 20.4 Å². The Bertz CT molecular complexity index is 1250. The molecule has 1 N–H and O–H groups in total. The lowest BCUT2D eigenvalue weighted by Gasteiger charge is -2.08. The van der Waals surface area contributed by atoms with E-state index in [0.717, 1.165) is 22.6 Å². The van der Waals surface area contributed by atoms with Crippen LogP contribution >= 0.6 is 0 Å². The van der Waals surface area contributed by atoms with Crippen molar-refractivity contribution in [3.63, 3.8) is 0 Å². The Kier molecular flexibility index (Phi) is 5.27. The van der Waals surface area contributed by atoms with Crippen LogP contribution in [0.5, 0.6) is 0 Å². The predicted molar refractivity (Wildman–Crippen MR) is 112 cm³/mol. The number of nitrogens with one attached hydrogen (secondary N) is 1. The summed E-state index contributed by atoms with van der Waals surface area (Å²) in [5.41, 5.74) is 3.72. The van der Waals surface area contributed by atoms with Crippen LogP contribution in [0.15, 0.2) is 61.2 Å². The van der Waals surface area contributed by atoms with Crippen molar-refractivity contribution in [1.82, 2.24) is 29.9 Å². The quantitative estimate of drug-likeness (QED) is 0.380. The Balaban J connectivity index is 1.55. The number of nitrogens with zero attached hydrogens (tertiary/aromatic N) is 6. The summed E-state index contributed by atoms with van der Waals surface area (Å²) in [6.07, 6.45) is 2.64. The van der Waals surface area contributed by atoms with E-state index in [1.807, 2.05) is 48.9 Å². The highest BCUT2D eigenvalue weighted by molar-refractivity contribution is 5.95. The lowest BCUT2D eigenvalue weighted by molar-refractivity contribution is -0.384. The summed E-state index contributed by atoms with van der Waals surface area (Å²) in [4.78, 5) is 27.4. The van der Waals surface area contributed by atoms with E-state index in [-0.39, 0.29) is 23.5 Å². The molecular weight excluding hydrogens is 398 g/mol. The van der Waals surface area contributed by atoms with E-state index in [0.29, 0.717) is 0 Å². The molecule has 2 aromatic carbocycles. The van der Waals surface area contributed by atoms with Gasteiger partial charge in [0.25, 0.3) is 11.6 Å². The smallest absolute Gasteiger partial charge is 0.295 e. The van der Waals surface area contributed by atoms with Crippen molar-refractivity contribution in [2.24, 2.45) is 0 Å². The molecule has 10 heteroatoms. The lowest BCUT2D eigenvalue weighted by atomic mass is 10.1. The second kappa shape index (κ2) is 8.19. The second-order valence-electron chi connectivity index (χ2n) is 6.88. The van der Waals surface area contributed by atoms with Gasteiger partial charge in [0.2, 0.25) is 0 Å². The molecule has 0 unspecified atom stereocenters. The maximum absolute atomic E-state index is 12.7. The molecule has 31 heavy (non-hydrogen) atoms. The summed E-state index contributed by atoms with van der Waals surface area (Å²) in [6, 6.07) is 13.9. The number of hydrogen-bond acceptors (Lipinski definition) is 6. The standard InChI is InChI=1S/C21H19N7O3/c1-14-18(15(2)27(25-14)17-6-4-3-5-7-17)11-23-21(29)16-8-9-19(20(10-16)28(30)31)26-13-22-12-24-26/h3-10,12-13H,11H2,1-2H3,(H,23,29). The Hall–Kier alpha value is -4.34. The van der Waals surface area contributed by atoms with Gasteiger partial charge in [-0.2, -0.15) is 10.2 Å². The molecule has 156 valence electrons. The van der Waals surface area contributed by atoms with E-state index in [1.165, 1.54) is 35.5 Å². The third-order valence-corrected chi connectivity index (χ3v) is 4.97. The number of rotatable bonds is 6. The molecule has 0 saturated carbocycles. The highest BCUT2D eigenvalue weighted by atomic mass is 16.6. The van der Waals surface area contributed by atoms with E-state index in [1.54, 1.807) is 0 Å². The largest absolute Gasteiger partial charge is 0.348 e. The monoisotopic (exact) mass is 417 g/mol. The summed E-state index contributed by atoms with van der Waals surface area (Å²) in [7, 11) is 0. The molecule has 10 nitrogen and oxygen atoms in total. The van der Waals surface area contributed by atoms with E-state index in [9.17, 15) is 14.9 Å². The topological polar surface area (TPSA) is 121 Å². The van der Waals surface area contributed by atoms with Crippen LogP contribution in [0.3, 0.4) is 0 Å². The number of para-hydroxylation sites is 1. The zero-order valence-electron chi connectivity index (χ0n) is 16.9. The Labute approximate surface area is 177 Å². The summed E-state index contributed by atoms with van der Waals surface area (Å²) < 4.78 is 3.11. The number of benzene rings is 2. The van der Waals surface area contributed by atoms with Gasteiger partial charge in [0.1, 0.15) is 18.3 Å². The van der Waals surface area contributed by atoms with Crippen molar-refractivity contribution in [3.8, 4) is 11.4 Å². The van der Waals surface area contributed by atoms with Crippen LogP contribution in [-0.4, -0.2) is 35.4 Å². The van der Waals surface area contributed by atoms with Gasteiger partial charge in [-0.15, -0.1) is 0 Å². The first-order valence-corrected chi connectivity index (χ1v) is 9.48. The summed E-state index contributed by atoms with van der Waals surface area (Å²) in [5, 5.41) is 22.8. The number of aryl methyl sites for hydroxylation is 1. The van der Waals surface area contributed by atoms with Crippen LogP contribution in [0.1, 0.15) is 27.3 Å². The van der Waals surface area contributed by atoms with Gasteiger partial charge in [-0.1, -0.05) is 18.2 Å². The number of nitro groups is 1. The number of hydrogen-bond donors (Lipinski definition) is 1. The first-order chi connectivity index (χ1) is 15.0. The molecule has 0 aliphatic rings. The normalized spacial score (nSPS) is 10.8. The van der Waals surface area contributed by atoms with Crippen molar-refractivity contribution in [3.05, 3.63) is 93.8 Å². The average molecular weight is 417 g/mol. The van der Waals surface area contributed by atoms with Gasteiger partial charge in [0, 0.05) is 29.4 Å². The molecular formula is C21H19N7O3. The zero-order valence-corrected chi connectivity index (χ0v) is 16.9. The maximum atomic E-state index is 12.7. The highest BCUT2D eigenvalue weighted by Gasteiger charge is 2.20. The predicted octanol–water partition coefficient (Wildman–Crippen LogP) is 2.91. The van der Waals surface area contributed by atoms with Crippen molar-refractivity contribution in [1.29, 1.82) is 0 Å². The molecule has 4 rings (SSSR count). The number of carbonyl (C=O) groups is 1. The molecule has 0 aliphatic carbocycles. The number of carbonyl (C=O) groups excluding carboxylic acids is 1. The average Bonchev–Trinajstić information content (AvgIpc) is 3.41. The third-order valence-electron chi connectivity index (χ3n) is 4.97. The molecule has 0 saturated heterocycles. The zero-order chi connectivity index (χ0) is 22.0. The molecule has 2 aromatic heterocycles. The van der Waals surface area contributed by atoms with Crippen LogP contribution in [0.4, 0.5) is 5.69 Å². The highest BCUT2D eigenvalue weighted by Crippen LogP contribution is 2.24. The van der Waals surface area contributed by atoms with Crippen LogP contribution < -0.4 is 5.32 Å². The van der Waals surface area contributed by atoms with Crippen molar-refractivity contribution >= 4 is 11.6 Å². The molecule has 0 spiro atoms. The number of nitro benzene ring substituents is 1. The first-order valence-electron chi connectivity index (χ1n) is 9.48. The van der Waals surface area contributed by atoms with Crippen molar-refractivity contribution < 1.29 is 9.72 Å². The summed E-state index contributed by atoms with van der Waals surface area (Å²) >= 11 is 0. The third kappa shape index (κ3) is 3.90.